The van der Waals surface area contributed by atoms with E-state index in [0.717, 1.165) is 17.7 Å². The molecule has 92 valence electrons. The van der Waals surface area contributed by atoms with Crippen molar-refractivity contribution in [3.63, 3.8) is 0 Å². The van der Waals surface area contributed by atoms with E-state index in [1.165, 1.54) is 0 Å². The maximum atomic E-state index is 8.75. The number of ether oxygens (including phenoxy) is 2. The summed E-state index contributed by atoms with van der Waals surface area (Å²) >= 11 is 0. The Labute approximate surface area is 99.8 Å². The van der Waals surface area contributed by atoms with Crippen LogP contribution in [0.1, 0.15) is 25.0 Å². The Morgan fingerprint density at radius 3 is 3.06 bits per heavy atom. The summed E-state index contributed by atoms with van der Waals surface area (Å²) in [5, 5.41) is 11.8. The first-order chi connectivity index (χ1) is 8.15. The molecule has 1 aromatic carbocycles. The van der Waals surface area contributed by atoms with Crippen molar-refractivity contribution in [1.82, 2.24) is 0 Å². The van der Waals surface area contributed by atoms with Gasteiger partial charge in [-0.05, 0) is 26.0 Å². The molecule has 2 rings (SSSR count). The van der Waals surface area contributed by atoms with Crippen molar-refractivity contribution in [1.29, 1.82) is 0 Å². The van der Waals surface area contributed by atoms with Gasteiger partial charge in [-0.3, -0.25) is 0 Å². The minimum Gasteiger partial charge on any atom is -0.493 e. The zero-order valence-electron chi connectivity index (χ0n) is 9.93. The molecule has 1 unspecified atom stereocenters. The molecule has 0 saturated carbocycles. The number of rotatable bonds is 3. The van der Waals surface area contributed by atoms with E-state index in [-0.39, 0.29) is 11.9 Å². The average molecular weight is 236 g/mol. The SMILES string of the molecule is CCOc1cc2c(cc1/C(N)=N/O)OC(C)C2. The Kier molecular flexibility index (Phi) is 3.08. The molecule has 1 heterocycles. The molecule has 0 fully saturated rings. The highest BCUT2D eigenvalue weighted by Crippen LogP contribution is 2.34. The lowest BCUT2D eigenvalue weighted by atomic mass is 10.1. The minimum atomic E-state index is 0.0272. The van der Waals surface area contributed by atoms with Crippen molar-refractivity contribution in [2.45, 2.75) is 26.4 Å². The summed E-state index contributed by atoms with van der Waals surface area (Å²) in [5.74, 6) is 1.43. The highest BCUT2D eigenvalue weighted by molar-refractivity contribution is 6.00. The van der Waals surface area contributed by atoms with Crippen molar-refractivity contribution in [2.24, 2.45) is 10.9 Å². The van der Waals surface area contributed by atoms with Crippen LogP contribution < -0.4 is 15.2 Å². The lowest BCUT2D eigenvalue weighted by Gasteiger charge is -2.11. The van der Waals surface area contributed by atoms with Gasteiger partial charge in [-0.2, -0.15) is 0 Å². The number of benzene rings is 1. The summed E-state index contributed by atoms with van der Waals surface area (Å²) in [7, 11) is 0. The first-order valence-corrected chi connectivity index (χ1v) is 5.60. The van der Waals surface area contributed by atoms with Crippen molar-refractivity contribution >= 4 is 5.84 Å². The van der Waals surface area contributed by atoms with Gasteiger partial charge in [0.1, 0.15) is 17.6 Å². The Bertz CT molecular complexity index is 457. The van der Waals surface area contributed by atoms with Gasteiger partial charge in [0.25, 0.3) is 0 Å². The molecule has 0 aromatic heterocycles. The fourth-order valence-electron chi connectivity index (χ4n) is 1.97. The molecule has 0 spiro atoms. The second-order valence-corrected chi connectivity index (χ2v) is 4.01. The average Bonchev–Trinajstić information content (AvgIpc) is 2.66. The molecular formula is C12H16N2O3. The van der Waals surface area contributed by atoms with Crippen LogP contribution in [0.4, 0.5) is 0 Å². The monoisotopic (exact) mass is 236 g/mol. The van der Waals surface area contributed by atoms with Crippen LogP contribution in [0.2, 0.25) is 0 Å². The fourth-order valence-corrected chi connectivity index (χ4v) is 1.97. The number of hydrogen-bond acceptors (Lipinski definition) is 4. The summed E-state index contributed by atoms with van der Waals surface area (Å²) < 4.78 is 11.1. The van der Waals surface area contributed by atoms with Crippen molar-refractivity contribution < 1.29 is 14.7 Å². The van der Waals surface area contributed by atoms with Gasteiger partial charge in [0.05, 0.1) is 12.2 Å². The minimum absolute atomic E-state index is 0.0272. The molecule has 1 aliphatic rings. The molecule has 3 N–H and O–H groups in total. The van der Waals surface area contributed by atoms with E-state index in [4.69, 9.17) is 20.4 Å². The van der Waals surface area contributed by atoms with Crippen LogP contribution in [0.15, 0.2) is 17.3 Å². The molecule has 1 aliphatic heterocycles. The van der Waals surface area contributed by atoms with E-state index < -0.39 is 0 Å². The van der Waals surface area contributed by atoms with Crippen LogP contribution in [0, 0.1) is 0 Å². The highest BCUT2D eigenvalue weighted by atomic mass is 16.5. The summed E-state index contributed by atoms with van der Waals surface area (Å²) in [5.41, 5.74) is 7.27. The van der Waals surface area contributed by atoms with Gasteiger partial charge < -0.3 is 20.4 Å². The largest absolute Gasteiger partial charge is 0.493 e. The first kappa shape index (κ1) is 11.6. The molecule has 0 aliphatic carbocycles. The Hall–Kier alpha value is -1.91. The van der Waals surface area contributed by atoms with Gasteiger partial charge >= 0.3 is 0 Å². The summed E-state index contributed by atoms with van der Waals surface area (Å²) in [6, 6.07) is 3.66. The fraction of sp³-hybridized carbons (Fsp3) is 0.417. The number of hydrogen-bond donors (Lipinski definition) is 2. The number of nitrogens with zero attached hydrogens (tertiary/aromatic N) is 1. The molecule has 0 amide bonds. The zero-order valence-corrected chi connectivity index (χ0v) is 9.93. The molecule has 17 heavy (non-hydrogen) atoms. The van der Waals surface area contributed by atoms with Crippen LogP contribution in [0.5, 0.6) is 11.5 Å². The normalized spacial score (nSPS) is 18.7. The summed E-state index contributed by atoms with van der Waals surface area (Å²) in [6.45, 7) is 4.42. The maximum Gasteiger partial charge on any atom is 0.173 e. The number of nitrogens with two attached hydrogens (primary N) is 1. The maximum absolute atomic E-state index is 8.75. The molecule has 0 bridgehead atoms. The Balaban J connectivity index is 2.47. The van der Waals surface area contributed by atoms with Crippen LogP contribution in [0.3, 0.4) is 0 Å². The molecule has 5 nitrogen and oxygen atoms in total. The van der Waals surface area contributed by atoms with E-state index in [2.05, 4.69) is 5.16 Å². The Morgan fingerprint density at radius 1 is 1.65 bits per heavy atom. The molecule has 0 radical (unpaired) electrons. The topological polar surface area (TPSA) is 77.1 Å². The first-order valence-electron chi connectivity index (χ1n) is 5.60. The van der Waals surface area contributed by atoms with Gasteiger partial charge in [0.2, 0.25) is 0 Å². The molecular weight excluding hydrogens is 220 g/mol. The van der Waals surface area contributed by atoms with Crippen molar-refractivity contribution in [2.75, 3.05) is 6.61 Å². The Morgan fingerprint density at radius 2 is 2.41 bits per heavy atom. The van der Waals surface area contributed by atoms with Gasteiger partial charge in [0.15, 0.2) is 5.84 Å². The summed E-state index contributed by atoms with van der Waals surface area (Å²) in [4.78, 5) is 0. The molecule has 1 atom stereocenters. The van der Waals surface area contributed by atoms with Crippen LogP contribution in [-0.2, 0) is 6.42 Å². The molecule has 5 heteroatoms. The van der Waals surface area contributed by atoms with E-state index in [1.807, 2.05) is 19.9 Å². The predicted octanol–water partition coefficient (Wildman–Crippen LogP) is 1.50. The van der Waals surface area contributed by atoms with E-state index in [1.54, 1.807) is 6.07 Å². The third-order valence-electron chi connectivity index (χ3n) is 2.68. The molecule has 1 aromatic rings. The van der Waals surface area contributed by atoms with Crippen LogP contribution in [-0.4, -0.2) is 23.8 Å². The highest BCUT2D eigenvalue weighted by Gasteiger charge is 2.22. The predicted molar refractivity (Wildman–Crippen MR) is 63.9 cm³/mol. The van der Waals surface area contributed by atoms with E-state index in [9.17, 15) is 0 Å². The second kappa shape index (κ2) is 4.53. The zero-order chi connectivity index (χ0) is 12.4. The third kappa shape index (κ3) is 2.13. The number of oxime groups is 1. The van der Waals surface area contributed by atoms with Gasteiger partial charge in [-0.1, -0.05) is 5.16 Å². The lowest BCUT2D eigenvalue weighted by molar-refractivity contribution is 0.254. The van der Waals surface area contributed by atoms with Gasteiger partial charge in [-0.25, -0.2) is 0 Å². The number of amidine groups is 1. The van der Waals surface area contributed by atoms with E-state index >= 15 is 0 Å². The van der Waals surface area contributed by atoms with Gasteiger partial charge in [-0.15, -0.1) is 0 Å². The van der Waals surface area contributed by atoms with Crippen LogP contribution in [0.25, 0.3) is 0 Å². The second-order valence-electron chi connectivity index (χ2n) is 4.01. The van der Waals surface area contributed by atoms with Crippen molar-refractivity contribution in [3.05, 3.63) is 23.3 Å². The quantitative estimate of drug-likeness (QED) is 0.361. The van der Waals surface area contributed by atoms with Crippen molar-refractivity contribution in [3.8, 4) is 11.5 Å². The lowest BCUT2D eigenvalue weighted by Crippen LogP contribution is -2.15. The smallest absolute Gasteiger partial charge is 0.173 e. The third-order valence-corrected chi connectivity index (χ3v) is 2.68. The van der Waals surface area contributed by atoms with Crippen LogP contribution >= 0.6 is 0 Å². The number of fused-ring (bicyclic) bond motifs is 1. The van der Waals surface area contributed by atoms with Gasteiger partial charge in [0, 0.05) is 12.0 Å². The van der Waals surface area contributed by atoms with E-state index in [0.29, 0.717) is 17.9 Å². The standard InChI is InChI=1S/C12H16N2O3/c1-3-16-11-5-8-4-7(2)17-10(8)6-9(11)12(13)14-15/h5-7,15H,3-4H2,1-2H3,(H2,13,14). The molecule has 0 saturated heterocycles. The summed E-state index contributed by atoms with van der Waals surface area (Å²) in [6.07, 6.45) is 1.01.